The van der Waals surface area contributed by atoms with Gasteiger partial charge in [-0.2, -0.15) is 0 Å². The maximum atomic E-state index is 11.3. The Morgan fingerprint density at radius 1 is 1.60 bits per heavy atom. The molecule has 1 aromatic rings. The normalized spacial score (nSPS) is 20.4. The van der Waals surface area contributed by atoms with Crippen LogP contribution in [0.2, 0.25) is 0 Å². The predicted octanol–water partition coefficient (Wildman–Crippen LogP) is 2.16. The molecule has 0 aromatic carbocycles. The minimum Gasteiger partial charge on any atom is -0.332 e. The fourth-order valence-corrected chi connectivity index (χ4v) is 2.30. The summed E-state index contributed by atoms with van der Waals surface area (Å²) in [4.78, 5) is 15.8. The van der Waals surface area contributed by atoms with Crippen molar-refractivity contribution in [3.05, 3.63) is 17.7 Å². The van der Waals surface area contributed by atoms with E-state index in [2.05, 4.69) is 23.4 Å². The van der Waals surface area contributed by atoms with Gasteiger partial charge in [-0.25, -0.2) is 4.98 Å². The lowest BCUT2D eigenvalue weighted by molar-refractivity contribution is -0.121. The summed E-state index contributed by atoms with van der Waals surface area (Å²) in [5.41, 5.74) is 1.23. The Balaban J connectivity index is 2.26. The highest BCUT2D eigenvalue weighted by Gasteiger charge is 2.24. The molecule has 1 aromatic heterocycles. The second-order valence-electron chi connectivity index (χ2n) is 4.71. The Morgan fingerprint density at radius 3 is 2.93 bits per heavy atom. The largest absolute Gasteiger partial charge is 0.332 e. The Labute approximate surface area is 90.5 Å². The second-order valence-corrected chi connectivity index (χ2v) is 4.71. The number of rotatable bonds is 2. The summed E-state index contributed by atoms with van der Waals surface area (Å²) in [6, 6.07) is 0. The SMILES string of the molecule is CC(=O)C1CCn2c(cnc2C(C)C)C1. The number of aromatic nitrogens is 2. The number of imidazole rings is 1. The van der Waals surface area contributed by atoms with Crippen molar-refractivity contribution in [2.45, 2.75) is 46.1 Å². The van der Waals surface area contributed by atoms with Crippen molar-refractivity contribution < 1.29 is 4.79 Å². The number of fused-ring (bicyclic) bond motifs is 1. The van der Waals surface area contributed by atoms with E-state index in [1.165, 1.54) is 5.69 Å². The van der Waals surface area contributed by atoms with Gasteiger partial charge in [0.15, 0.2) is 0 Å². The molecule has 0 bridgehead atoms. The van der Waals surface area contributed by atoms with Crippen LogP contribution in [0.4, 0.5) is 0 Å². The first-order chi connectivity index (χ1) is 7.09. The molecule has 0 fully saturated rings. The molecule has 1 unspecified atom stereocenters. The molecular formula is C12H18N2O. The number of ketones is 1. The van der Waals surface area contributed by atoms with E-state index in [0.29, 0.717) is 11.7 Å². The van der Waals surface area contributed by atoms with Crippen molar-refractivity contribution in [1.82, 2.24) is 9.55 Å². The summed E-state index contributed by atoms with van der Waals surface area (Å²) in [5.74, 6) is 2.15. The fourth-order valence-electron chi connectivity index (χ4n) is 2.30. The van der Waals surface area contributed by atoms with Crippen LogP contribution in [0.15, 0.2) is 6.20 Å². The average Bonchev–Trinajstić information content (AvgIpc) is 2.59. The van der Waals surface area contributed by atoms with Crippen molar-refractivity contribution >= 4 is 5.78 Å². The van der Waals surface area contributed by atoms with E-state index in [9.17, 15) is 4.79 Å². The van der Waals surface area contributed by atoms with Gasteiger partial charge in [0.25, 0.3) is 0 Å². The monoisotopic (exact) mass is 206 g/mol. The molecule has 0 N–H and O–H groups in total. The molecule has 0 saturated heterocycles. The summed E-state index contributed by atoms with van der Waals surface area (Å²) in [6.07, 6.45) is 3.78. The molecule has 0 aliphatic carbocycles. The molecule has 2 rings (SSSR count). The molecule has 1 atom stereocenters. The maximum absolute atomic E-state index is 11.3. The lowest BCUT2D eigenvalue weighted by Crippen LogP contribution is -2.25. The van der Waals surface area contributed by atoms with Gasteiger partial charge in [-0.05, 0) is 19.8 Å². The van der Waals surface area contributed by atoms with Crippen LogP contribution in [-0.2, 0) is 17.8 Å². The van der Waals surface area contributed by atoms with Crippen molar-refractivity contribution in [1.29, 1.82) is 0 Å². The van der Waals surface area contributed by atoms with Crippen molar-refractivity contribution in [3.63, 3.8) is 0 Å². The first-order valence-corrected chi connectivity index (χ1v) is 5.64. The standard InChI is InChI=1S/C12H18N2O/c1-8(2)12-13-7-11-6-10(9(3)15)4-5-14(11)12/h7-8,10H,4-6H2,1-3H3. The molecule has 0 saturated carbocycles. The van der Waals surface area contributed by atoms with Gasteiger partial charge in [-0.1, -0.05) is 13.8 Å². The van der Waals surface area contributed by atoms with Crippen LogP contribution < -0.4 is 0 Å². The quantitative estimate of drug-likeness (QED) is 0.743. The zero-order valence-electron chi connectivity index (χ0n) is 9.66. The van der Waals surface area contributed by atoms with Gasteiger partial charge in [0.05, 0.1) is 0 Å². The molecule has 0 amide bonds. The van der Waals surface area contributed by atoms with Crippen molar-refractivity contribution in [2.24, 2.45) is 5.92 Å². The molecule has 3 heteroatoms. The highest BCUT2D eigenvalue weighted by atomic mass is 16.1. The highest BCUT2D eigenvalue weighted by Crippen LogP contribution is 2.25. The Hall–Kier alpha value is -1.12. The molecular weight excluding hydrogens is 188 g/mol. The van der Waals surface area contributed by atoms with Crippen LogP contribution in [0.25, 0.3) is 0 Å². The Bertz CT molecular complexity index is 379. The number of carbonyl (C=O) groups is 1. The highest BCUT2D eigenvalue weighted by molar-refractivity contribution is 5.78. The van der Waals surface area contributed by atoms with Gasteiger partial charge in [0.2, 0.25) is 0 Å². The number of hydrogen-bond acceptors (Lipinski definition) is 2. The fraction of sp³-hybridized carbons (Fsp3) is 0.667. The molecule has 0 radical (unpaired) electrons. The third-order valence-corrected chi connectivity index (χ3v) is 3.22. The lowest BCUT2D eigenvalue weighted by Gasteiger charge is -2.23. The van der Waals surface area contributed by atoms with Gasteiger partial charge in [-0.3, -0.25) is 4.79 Å². The smallest absolute Gasteiger partial charge is 0.133 e. The van der Waals surface area contributed by atoms with Crippen LogP contribution >= 0.6 is 0 Å². The molecule has 15 heavy (non-hydrogen) atoms. The van der Waals surface area contributed by atoms with E-state index >= 15 is 0 Å². The summed E-state index contributed by atoms with van der Waals surface area (Å²) < 4.78 is 2.28. The maximum Gasteiger partial charge on any atom is 0.133 e. The molecule has 82 valence electrons. The molecule has 1 aliphatic heterocycles. The number of carbonyl (C=O) groups excluding carboxylic acids is 1. The van der Waals surface area contributed by atoms with Crippen LogP contribution in [0.5, 0.6) is 0 Å². The summed E-state index contributed by atoms with van der Waals surface area (Å²) in [7, 11) is 0. The molecule has 3 nitrogen and oxygen atoms in total. The van der Waals surface area contributed by atoms with Gasteiger partial charge in [-0.15, -0.1) is 0 Å². The van der Waals surface area contributed by atoms with E-state index in [1.807, 2.05) is 6.20 Å². The molecule has 0 spiro atoms. The summed E-state index contributed by atoms with van der Waals surface area (Å²) >= 11 is 0. The molecule has 1 aliphatic rings. The lowest BCUT2D eigenvalue weighted by atomic mass is 9.93. The van der Waals surface area contributed by atoms with E-state index in [-0.39, 0.29) is 5.92 Å². The summed E-state index contributed by atoms with van der Waals surface area (Å²) in [5, 5.41) is 0. The van der Waals surface area contributed by atoms with E-state index in [1.54, 1.807) is 6.92 Å². The molecule has 2 heterocycles. The van der Waals surface area contributed by atoms with Gasteiger partial charge < -0.3 is 4.57 Å². The number of nitrogens with zero attached hydrogens (tertiary/aromatic N) is 2. The van der Waals surface area contributed by atoms with Crippen LogP contribution in [0.3, 0.4) is 0 Å². The van der Waals surface area contributed by atoms with Crippen LogP contribution in [0.1, 0.15) is 44.6 Å². The topological polar surface area (TPSA) is 34.9 Å². The van der Waals surface area contributed by atoms with Crippen molar-refractivity contribution in [2.75, 3.05) is 0 Å². The predicted molar refractivity (Wildman–Crippen MR) is 58.8 cm³/mol. The Kier molecular flexibility index (Phi) is 2.63. The number of Topliss-reactive ketones (excluding diaryl/α,β-unsaturated/α-hetero) is 1. The minimum absolute atomic E-state index is 0.217. The first-order valence-electron chi connectivity index (χ1n) is 5.64. The zero-order chi connectivity index (χ0) is 11.0. The van der Waals surface area contributed by atoms with Gasteiger partial charge in [0.1, 0.15) is 11.6 Å². The third-order valence-electron chi connectivity index (χ3n) is 3.22. The average molecular weight is 206 g/mol. The van der Waals surface area contributed by atoms with E-state index in [4.69, 9.17) is 0 Å². The Morgan fingerprint density at radius 2 is 2.33 bits per heavy atom. The van der Waals surface area contributed by atoms with Crippen LogP contribution in [-0.4, -0.2) is 15.3 Å². The number of hydrogen-bond donors (Lipinski definition) is 0. The third kappa shape index (κ3) is 1.83. The van der Waals surface area contributed by atoms with Gasteiger partial charge >= 0.3 is 0 Å². The minimum atomic E-state index is 0.217. The van der Waals surface area contributed by atoms with E-state index in [0.717, 1.165) is 25.2 Å². The van der Waals surface area contributed by atoms with Crippen LogP contribution in [0, 0.1) is 5.92 Å². The van der Waals surface area contributed by atoms with E-state index < -0.39 is 0 Å². The van der Waals surface area contributed by atoms with Crippen molar-refractivity contribution in [3.8, 4) is 0 Å². The summed E-state index contributed by atoms with van der Waals surface area (Å²) in [6.45, 7) is 6.96. The van der Waals surface area contributed by atoms with Gasteiger partial charge in [0, 0.05) is 30.3 Å². The second kappa shape index (κ2) is 3.80. The first kappa shape index (κ1) is 10.4. The zero-order valence-corrected chi connectivity index (χ0v) is 9.66.